The summed E-state index contributed by atoms with van der Waals surface area (Å²) in [5, 5.41) is 4.53. The summed E-state index contributed by atoms with van der Waals surface area (Å²) < 4.78 is 8.03. The van der Waals surface area contributed by atoms with Gasteiger partial charge in [0.25, 0.3) is 0 Å². The van der Waals surface area contributed by atoms with Crippen molar-refractivity contribution in [2.24, 2.45) is 0 Å². The predicted octanol–water partition coefficient (Wildman–Crippen LogP) is 5.51. The van der Waals surface area contributed by atoms with Gasteiger partial charge in [-0.15, -0.1) is 0 Å². The van der Waals surface area contributed by atoms with Crippen molar-refractivity contribution >= 4 is 5.69 Å². The molecule has 0 bridgehead atoms. The van der Waals surface area contributed by atoms with Gasteiger partial charge in [-0.2, -0.15) is 5.10 Å². The standard InChI is InChI=1S/C25H22N4O/c1-27-13-14-28(19-27)22-9-5-11-24(15-22)30-25-12-6-10-23(16-25)29-18-21(17-26-29)20-7-3-2-4-8-20/h2-18H,19H2,1H3. The van der Waals surface area contributed by atoms with Gasteiger partial charge in [0, 0.05) is 49.0 Å². The van der Waals surface area contributed by atoms with E-state index in [1.54, 1.807) is 0 Å². The average Bonchev–Trinajstić information content (AvgIpc) is 3.44. The first-order chi connectivity index (χ1) is 14.7. The van der Waals surface area contributed by atoms with E-state index in [-0.39, 0.29) is 0 Å². The second-order valence-corrected chi connectivity index (χ2v) is 7.30. The normalized spacial score (nSPS) is 13.1. The molecule has 5 heteroatoms. The molecular formula is C25H22N4O. The SMILES string of the molecule is CN1C=CN(c2cccc(Oc3cccc(-n4cc(-c5ccccc5)cn4)c3)c2)C1. The smallest absolute Gasteiger partial charge is 0.129 e. The van der Waals surface area contributed by atoms with Crippen molar-refractivity contribution in [2.45, 2.75) is 0 Å². The first-order valence-corrected chi connectivity index (χ1v) is 9.88. The molecular weight excluding hydrogens is 372 g/mol. The van der Waals surface area contributed by atoms with Crippen LogP contribution in [0.4, 0.5) is 5.69 Å². The Morgan fingerprint density at radius 1 is 0.767 bits per heavy atom. The molecule has 2 heterocycles. The number of hydrogen-bond donors (Lipinski definition) is 0. The number of rotatable bonds is 5. The van der Waals surface area contributed by atoms with Crippen molar-refractivity contribution in [3.05, 3.63) is 104 Å². The molecule has 1 aliphatic rings. The highest BCUT2D eigenvalue weighted by Gasteiger charge is 2.11. The summed E-state index contributed by atoms with van der Waals surface area (Å²) in [6.07, 6.45) is 8.05. The first kappa shape index (κ1) is 18.1. The maximum absolute atomic E-state index is 6.15. The third kappa shape index (κ3) is 3.78. The van der Waals surface area contributed by atoms with Crippen LogP contribution in [0.3, 0.4) is 0 Å². The van der Waals surface area contributed by atoms with Crippen molar-refractivity contribution in [1.82, 2.24) is 14.7 Å². The molecule has 4 aromatic rings. The quantitative estimate of drug-likeness (QED) is 0.447. The lowest BCUT2D eigenvalue weighted by Crippen LogP contribution is -2.21. The van der Waals surface area contributed by atoms with Crippen LogP contribution in [0, 0.1) is 0 Å². The topological polar surface area (TPSA) is 33.5 Å². The number of nitrogens with zero attached hydrogens (tertiary/aromatic N) is 4. The van der Waals surface area contributed by atoms with Gasteiger partial charge in [-0.25, -0.2) is 4.68 Å². The molecule has 5 rings (SSSR count). The number of aromatic nitrogens is 2. The van der Waals surface area contributed by atoms with Crippen LogP contribution >= 0.6 is 0 Å². The predicted molar refractivity (Wildman–Crippen MR) is 120 cm³/mol. The lowest BCUT2D eigenvalue weighted by molar-refractivity contribution is 0.480. The molecule has 30 heavy (non-hydrogen) atoms. The van der Waals surface area contributed by atoms with Crippen LogP contribution in [0.1, 0.15) is 0 Å². The zero-order chi connectivity index (χ0) is 20.3. The van der Waals surface area contributed by atoms with Gasteiger partial charge < -0.3 is 14.5 Å². The van der Waals surface area contributed by atoms with Crippen LogP contribution in [-0.4, -0.2) is 28.4 Å². The summed E-state index contributed by atoms with van der Waals surface area (Å²) in [6, 6.07) is 26.3. The van der Waals surface area contributed by atoms with Crippen molar-refractivity contribution in [3.8, 4) is 28.3 Å². The summed E-state index contributed by atoms with van der Waals surface area (Å²) in [4.78, 5) is 4.31. The van der Waals surface area contributed by atoms with Crippen LogP contribution in [0.5, 0.6) is 11.5 Å². The van der Waals surface area contributed by atoms with Crippen LogP contribution in [0.15, 0.2) is 104 Å². The molecule has 0 aliphatic carbocycles. The third-order valence-corrected chi connectivity index (χ3v) is 5.03. The zero-order valence-corrected chi connectivity index (χ0v) is 16.7. The maximum atomic E-state index is 6.15. The third-order valence-electron chi connectivity index (χ3n) is 5.03. The van der Waals surface area contributed by atoms with Crippen LogP contribution in [-0.2, 0) is 0 Å². The van der Waals surface area contributed by atoms with Gasteiger partial charge in [-0.1, -0.05) is 42.5 Å². The van der Waals surface area contributed by atoms with Gasteiger partial charge in [-0.05, 0) is 29.8 Å². The molecule has 0 radical (unpaired) electrons. The Balaban J connectivity index is 1.36. The largest absolute Gasteiger partial charge is 0.457 e. The summed E-state index contributed by atoms with van der Waals surface area (Å²) >= 11 is 0. The van der Waals surface area contributed by atoms with Crippen molar-refractivity contribution < 1.29 is 4.74 Å². The molecule has 5 nitrogen and oxygen atoms in total. The van der Waals surface area contributed by atoms with Gasteiger partial charge in [0.2, 0.25) is 0 Å². The lowest BCUT2D eigenvalue weighted by Gasteiger charge is -2.19. The summed E-state index contributed by atoms with van der Waals surface area (Å²) in [7, 11) is 2.06. The fourth-order valence-electron chi connectivity index (χ4n) is 3.49. The minimum atomic E-state index is 0.774. The minimum absolute atomic E-state index is 0.774. The van der Waals surface area contributed by atoms with E-state index in [2.05, 4.69) is 58.6 Å². The molecule has 0 fully saturated rings. The van der Waals surface area contributed by atoms with Gasteiger partial charge in [-0.3, -0.25) is 0 Å². The van der Waals surface area contributed by atoms with E-state index in [0.717, 1.165) is 40.7 Å². The van der Waals surface area contributed by atoms with E-state index >= 15 is 0 Å². The Bertz CT molecular complexity index is 1180. The highest BCUT2D eigenvalue weighted by Crippen LogP contribution is 2.29. The Kier molecular flexibility index (Phi) is 4.69. The fraction of sp³-hybridized carbons (Fsp3) is 0.0800. The number of anilines is 1. The molecule has 1 aromatic heterocycles. The van der Waals surface area contributed by atoms with Gasteiger partial charge in [0.1, 0.15) is 11.5 Å². The Morgan fingerprint density at radius 2 is 1.50 bits per heavy atom. The minimum Gasteiger partial charge on any atom is -0.457 e. The van der Waals surface area contributed by atoms with Crippen molar-refractivity contribution in [3.63, 3.8) is 0 Å². The van der Waals surface area contributed by atoms with Crippen molar-refractivity contribution in [1.29, 1.82) is 0 Å². The second kappa shape index (κ2) is 7.79. The molecule has 1 aliphatic heterocycles. The molecule has 0 atom stereocenters. The van der Waals surface area contributed by atoms with E-state index in [1.807, 2.05) is 71.7 Å². The average molecular weight is 394 g/mol. The fourth-order valence-corrected chi connectivity index (χ4v) is 3.49. The number of hydrogen-bond acceptors (Lipinski definition) is 4. The van der Waals surface area contributed by atoms with E-state index in [9.17, 15) is 0 Å². The highest BCUT2D eigenvalue weighted by molar-refractivity contribution is 5.62. The second-order valence-electron chi connectivity index (χ2n) is 7.30. The van der Waals surface area contributed by atoms with Gasteiger partial charge >= 0.3 is 0 Å². The molecule has 148 valence electrons. The molecule has 0 saturated heterocycles. The lowest BCUT2D eigenvalue weighted by atomic mass is 10.1. The van der Waals surface area contributed by atoms with Gasteiger partial charge in [0.05, 0.1) is 18.6 Å². The Morgan fingerprint density at radius 3 is 2.23 bits per heavy atom. The molecule has 0 saturated carbocycles. The van der Waals surface area contributed by atoms with E-state index in [1.165, 1.54) is 0 Å². The monoisotopic (exact) mass is 394 g/mol. The summed E-state index contributed by atoms with van der Waals surface area (Å²) in [6.45, 7) is 0.835. The first-order valence-electron chi connectivity index (χ1n) is 9.88. The van der Waals surface area contributed by atoms with Crippen molar-refractivity contribution in [2.75, 3.05) is 18.6 Å². The zero-order valence-electron chi connectivity index (χ0n) is 16.7. The molecule has 0 unspecified atom stereocenters. The Hall–Kier alpha value is -3.99. The van der Waals surface area contributed by atoms with E-state index in [4.69, 9.17) is 4.74 Å². The van der Waals surface area contributed by atoms with Gasteiger partial charge in [0.15, 0.2) is 0 Å². The summed E-state index contributed by atoms with van der Waals surface area (Å²) in [5.74, 6) is 1.58. The molecule has 0 N–H and O–H groups in total. The Labute approximate surface area is 176 Å². The number of ether oxygens (including phenoxy) is 1. The summed E-state index contributed by atoms with van der Waals surface area (Å²) in [5.41, 5.74) is 4.28. The molecule has 3 aromatic carbocycles. The van der Waals surface area contributed by atoms with Crippen LogP contribution in [0.25, 0.3) is 16.8 Å². The molecule has 0 amide bonds. The maximum Gasteiger partial charge on any atom is 0.129 e. The molecule has 0 spiro atoms. The van der Waals surface area contributed by atoms with Crippen LogP contribution in [0.2, 0.25) is 0 Å². The van der Waals surface area contributed by atoms with Crippen LogP contribution < -0.4 is 9.64 Å². The van der Waals surface area contributed by atoms with E-state index < -0.39 is 0 Å². The number of benzene rings is 3. The van der Waals surface area contributed by atoms with E-state index in [0.29, 0.717) is 0 Å². The highest BCUT2D eigenvalue weighted by atomic mass is 16.5.